The molecule has 2 aliphatic rings. The molecule has 0 spiro atoms. The molecule has 2 aliphatic heterocycles. The maximum Gasteiger partial charge on any atom is 0.356 e. The lowest BCUT2D eigenvalue weighted by molar-refractivity contribution is -0.139. The summed E-state index contributed by atoms with van der Waals surface area (Å²) in [6, 6.07) is 6.54. The number of thiophene rings is 1. The molecule has 154 valence electrons. The number of ether oxygens (including phenoxy) is 2. The minimum atomic E-state index is -0.274. The number of aryl methyl sites for hydroxylation is 1. The number of anilines is 1. The summed E-state index contributed by atoms with van der Waals surface area (Å²) in [5.41, 5.74) is 6.38. The highest BCUT2D eigenvalue weighted by Gasteiger charge is 2.40. The molecule has 5 nitrogen and oxygen atoms in total. The summed E-state index contributed by atoms with van der Waals surface area (Å²) in [6.45, 7) is 6.64. The zero-order valence-electron chi connectivity index (χ0n) is 17.5. The van der Waals surface area contributed by atoms with E-state index in [0.29, 0.717) is 18.2 Å². The van der Waals surface area contributed by atoms with Crippen molar-refractivity contribution in [2.75, 3.05) is 18.6 Å². The number of carbonyl (C=O) groups is 1. The summed E-state index contributed by atoms with van der Waals surface area (Å²) < 4.78 is 11.0. The molecular weight excluding hydrogens is 384 g/mol. The van der Waals surface area contributed by atoms with Crippen molar-refractivity contribution >= 4 is 23.0 Å². The van der Waals surface area contributed by atoms with Crippen LogP contribution in [0.15, 0.2) is 40.4 Å². The summed E-state index contributed by atoms with van der Waals surface area (Å²) >= 11 is 1.66. The van der Waals surface area contributed by atoms with Crippen LogP contribution in [0, 0.1) is 5.92 Å². The minimum absolute atomic E-state index is 0.102. The van der Waals surface area contributed by atoms with Gasteiger partial charge in [-0.15, -0.1) is 0 Å². The normalized spacial score (nSPS) is 17.8. The predicted molar refractivity (Wildman–Crippen MR) is 116 cm³/mol. The highest BCUT2D eigenvalue weighted by molar-refractivity contribution is 7.08. The molecule has 0 radical (unpaired) electrons. The number of rotatable bonds is 6. The van der Waals surface area contributed by atoms with Gasteiger partial charge in [0.15, 0.2) is 0 Å². The average Bonchev–Trinajstić information content (AvgIpc) is 3.35. The second-order valence-corrected chi connectivity index (χ2v) is 8.69. The van der Waals surface area contributed by atoms with E-state index in [1.807, 2.05) is 6.92 Å². The van der Waals surface area contributed by atoms with Crippen LogP contribution in [0.25, 0.3) is 0 Å². The van der Waals surface area contributed by atoms with Crippen LogP contribution in [0.1, 0.15) is 50.0 Å². The van der Waals surface area contributed by atoms with Crippen LogP contribution in [0.5, 0.6) is 5.75 Å². The Morgan fingerprint density at radius 2 is 2.17 bits per heavy atom. The van der Waals surface area contributed by atoms with Gasteiger partial charge < -0.3 is 19.7 Å². The van der Waals surface area contributed by atoms with Crippen molar-refractivity contribution in [1.29, 1.82) is 0 Å². The summed E-state index contributed by atoms with van der Waals surface area (Å²) in [4.78, 5) is 14.9. The molecule has 1 N–H and O–H groups in total. The molecular formula is C23H28N2O3S. The molecule has 4 rings (SSSR count). The number of carbonyl (C=O) groups excluding carboxylic acids is 1. The fourth-order valence-corrected chi connectivity index (χ4v) is 4.93. The van der Waals surface area contributed by atoms with Crippen LogP contribution >= 0.6 is 11.3 Å². The maximum absolute atomic E-state index is 12.7. The molecule has 1 aromatic carbocycles. The third-order valence-electron chi connectivity index (χ3n) is 5.46. The van der Waals surface area contributed by atoms with Gasteiger partial charge in [-0.25, -0.2) is 4.79 Å². The molecule has 3 heterocycles. The topological polar surface area (TPSA) is 50.8 Å². The first-order valence-corrected chi connectivity index (χ1v) is 11.2. The van der Waals surface area contributed by atoms with E-state index in [1.165, 1.54) is 11.1 Å². The number of fused-ring (bicyclic) bond motifs is 3. The molecule has 0 fully saturated rings. The number of nitrogens with zero attached hydrogens (tertiary/aromatic N) is 1. The van der Waals surface area contributed by atoms with Crippen molar-refractivity contribution in [2.45, 2.75) is 46.2 Å². The Kier molecular flexibility index (Phi) is 5.54. The fourth-order valence-electron chi connectivity index (χ4n) is 4.25. The molecule has 0 saturated carbocycles. The van der Waals surface area contributed by atoms with Crippen molar-refractivity contribution in [1.82, 2.24) is 5.32 Å². The largest absolute Gasteiger partial charge is 0.496 e. The van der Waals surface area contributed by atoms with E-state index in [9.17, 15) is 4.79 Å². The molecule has 29 heavy (non-hydrogen) atoms. The average molecular weight is 413 g/mol. The van der Waals surface area contributed by atoms with E-state index in [-0.39, 0.29) is 12.1 Å². The van der Waals surface area contributed by atoms with Crippen LogP contribution < -0.4 is 15.0 Å². The van der Waals surface area contributed by atoms with E-state index in [1.54, 1.807) is 18.4 Å². The molecule has 2 aromatic rings. The molecule has 0 aliphatic carbocycles. The Hall–Kier alpha value is -2.47. The van der Waals surface area contributed by atoms with Gasteiger partial charge in [0.2, 0.25) is 0 Å². The van der Waals surface area contributed by atoms with E-state index in [2.05, 4.69) is 53.0 Å². The summed E-state index contributed by atoms with van der Waals surface area (Å²) in [7, 11) is 1.74. The summed E-state index contributed by atoms with van der Waals surface area (Å²) in [5.74, 6) is 1.21. The van der Waals surface area contributed by atoms with E-state index >= 15 is 0 Å². The maximum atomic E-state index is 12.7. The standard InChI is InChI=1S/C23H28N2O3S/c1-5-28-23(26)21-18-7-6-15-12-20(27-4)17(10-14(2)3)11-19(15)25(18)22(24-21)16-8-9-29-13-16/h8-9,11-14,22,24H,5-7,10H2,1-4H3. The lowest BCUT2D eigenvalue weighted by Crippen LogP contribution is -2.32. The van der Waals surface area contributed by atoms with Gasteiger partial charge >= 0.3 is 5.97 Å². The van der Waals surface area contributed by atoms with Gasteiger partial charge in [0.1, 0.15) is 17.6 Å². The number of allylic oxidation sites excluding steroid dienone is 1. The van der Waals surface area contributed by atoms with Gasteiger partial charge in [-0.1, -0.05) is 13.8 Å². The van der Waals surface area contributed by atoms with Crippen LogP contribution in [-0.2, 0) is 22.4 Å². The van der Waals surface area contributed by atoms with Crippen LogP contribution in [0.3, 0.4) is 0 Å². The van der Waals surface area contributed by atoms with Crippen molar-refractivity contribution in [3.05, 3.63) is 57.0 Å². The second-order valence-electron chi connectivity index (χ2n) is 7.91. The van der Waals surface area contributed by atoms with Crippen LogP contribution in [0.2, 0.25) is 0 Å². The lowest BCUT2D eigenvalue weighted by Gasteiger charge is -2.35. The Labute approximate surface area is 176 Å². The highest BCUT2D eigenvalue weighted by Crippen LogP contribution is 2.46. The molecule has 0 saturated heterocycles. The van der Waals surface area contributed by atoms with E-state index in [4.69, 9.17) is 9.47 Å². The molecule has 1 atom stereocenters. The second kappa shape index (κ2) is 8.11. The first kappa shape index (κ1) is 19.8. The quantitative estimate of drug-likeness (QED) is 0.692. The monoisotopic (exact) mass is 412 g/mol. The Balaban J connectivity index is 1.83. The number of esters is 1. The lowest BCUT2D eigenvalue weighted by atomic mass is 9.93. The predicted octanol–water partition coefficient (Wildman–Crippen LogP) is 4.78. The van der Waals surface area contributed by atoms with Crippen LogP contribution in [0.4, 0.5) is 5.69 Å². The SMILES string of the molecule is CCOC(=O)C1=C2CCc3cc(OC)c(CC(C)C)cc3N2C(c2ccsc2)N1. The number of hydrogen-bond donors (Lipinski definition) is 1. The van der Waals surface area contributed by atoms with Crippen LogP contribution in [-0.4, -0.2) is 19.7 Å². The zero-order valence-corrected chi connectivity index (χ0v) is 18.3. The van der Waals surface area contributed by atoms with Gasteiger partial charge in [0.05, 0.1) is 19.4 Å². The van der Waals surface area contributed by atoms with Crippen molar-refractivity contribution in [3.8, 4) is 5.75 Å². The summed E-state index contributed by atoms with van der Waals surface area (Å²) in [6.07, 6.45) is 2.52. The third-order valence-corrected chi connectivity index (χ3v) is 6.16. The first-order valence-electron chi connectivity index (χ1n) is 10.2. The molecule has 6 heteroatoms. The first-order chi connectivity index (χ1) is 14.0. The zero-order chi connectivity index (χ0) is 20.5. The molecule has 1 aromatic heterocycles. The van der Waals surface area contributed by atoms with Gasteiger partial charge in [0.25, 0.3) is 0 Å². The van der Waals surface area contributed by atoms with Crippen molar-refractivity contribution < 1.29 is 14.3 Å². The molecule has 0 amide bonds. The van der Waals surface area contributed by atoms with Crippen molar-refractivity contribution in [3.63, 3.8) is 0 Å². The van der Waals surface area contributed by atoms with Gasteiger partial charge in [-0.2, -0.15) is 11.3 Å². The van der Waals surface area contributed by atoms with E-state index in [0.717, 1.165) is 42.0 Å². The molecule has 0 bridgehead atoms. The van der Waals surface area contributed by atoms with Crippen molar-refractivity contribution in [2.24, 2.45) is 5.92 Å². The van der Waals surface area contributed by atoms with Gasteiger partial charge in [-0.05, 0) is 72.2 Å². The number of nitrogens with one attached hydrogen (secondary N) is 1. The number of hydrogen-bond acceptors (Lipinski definition) is 6. The highest BCUT2D eigenvalue weighted by atomic mass is 32.1. The van der Waals surface area contributed by atoms with Gasteiger partial charge in [-0.3, -0.25) is 0 Å². The number of benzene rings is 1. The Bertz CT molecular complexity index is 934. The van der Waals surface area contributed by atoms with E-state index < -0.39 is 0 Å². The number of methoxy groups -OCH3 is 1. The summed E-state index contributed by atoms with van der Waals surface area (Å²) in [5, 5.41) is 7.66. The van der Waals surface area contributed by atoms with Gasteiger partial charge in [0, 0.05) is 11.3 Å². The minimum Gasteiger partial charge on any atom is -0.496 e. The molecule has 1 unspecified atom stereocenters. The Morgan fingerprint density at radius 3 is 2.83 bits per heavy atom. The smallest absolute Gasteiger partial charge is 0.356 e. The Morgan fingerprint density at radius 1 is 1.34 bits per heavy atom. The third kappa shape index (κ3) is 3.62. The fraction of sp³-hybridized carbons (Fsp3) is 0.435.